The van der Waals surface area contributed by atoms with Crippen molar-refractivity contribution in [3.05, 3.63) is 57.5 Å². The van der Waals surface area contributed by atoms with E-state index in [0.717, 1.165) is 6.07 Å². The number of nitro groups is 1. The number of hydrazone groups is 1. The van der Waals surface area contributed by atoms with E-state index in [1.165, 1.54) is 25.3 Å². The summed E-state index contributed by atoms with van der Waals surface area (Å²) < 4.78 is 29.3. The van der Waals surface area contributed by atoms with Gasteiger partial charge in [0.15, 0.2) is 0 Å². The van der Waals surface area contributed by atoms with Crippen molar-refractivity contribution in [2.75, 3.05) is 0 Å². The van der Waals surface area contributed by atoms with Gasteiger partial charge in [-0.05, 0) is 32.0 Å². The summed E-state index contributed by atoms with van der Waals surface area (Å²) in [5.41, 5.74) is 0.104. The molecule has 1 aromatic carbocycles. The second-order valence-corrected chi connectivity index (χ2v) is 6.17. The van der Waals surface area contributed by atoms with Crippen molar-refractivity contribution in [2.45, 2.75) is 18.7 Å². The number of sulfonamides is 1. The van der Waals surface area contributed by atoms with Crippen LogP contribution >= 0.6 is 0 Å². The second kappa shape index (κ2) is 5.98. The zero-order valence-corrected chi connectivity index (χ0v) is 12.6. The summed E-state index contributed by atoms with van der Waals surface area (Å²) in [6, 6.07) is 6.97. The maximum atomic E-state index is 12.0. The highest BCUT2D eigenvalue weighted by atomic mass is 32.2. The van der Waals surface area contributed by atoms with E-state index in [-0.39, 0.29) is 10.6 Å². The molecule has 0 atom stereocenters. The Labute approximate surface area is 126 Å². The summed E-state index contributed by atoms with van der Waals surface area (Å²) in [6.07, 6.45) is 1.20. The number of aryl methyl sites for hydroxylation is 2. The third kappa shape index (κ3) is 3.50. The Morgan fingerprint density at radius 2 is 2.00 bits per heavy atom. The molecule has 1 aromatic heterocycles. The average Bonchev–Trinajstić information content (AvgIpc) is 2.84. The van der Waals surface area contributed by atoms with E-state index >= 15 is 0 Å². The Hall–Kier alpha value is -2.68. The fourth-order valence-corrected chi connectivity index (χ4v) is 2.50. The van der Waals surface area contributed by atoms with E-state index in [4.69, 9.17) is 4.42 Å². The zero-order valence-electron chi connectivity index (χ0n) is 11.8. The maximum absolute atomic E-state index is 12.0. The molecular formula is C13H13N3O5S. The highest BCUT2D eigenvalue weighted by Crippen LogP contribution is 2.21. The van der Waals surface area contributed by atoms with Gasteiger partial charge in [0, 0.05) is 11.6 Å². The van der Waals surface area contributed by atoms with Crippen LogP contribution in [0.2, 0.25) is 0 Å². The molecule has 0 bridgehead atoms. The Kier molecular flexibility index (Phi) is 4.27. The lowest BCUT2D eigenvalue weighted by Crippen LogP contribution is -2.18. The maximum Gasteiger partial charge on any atom is 0.276 e. The Bertz CT molecular complexity index is 839. The van der Waals surface area contributed by atoms with Gasteiger partial charge in [0.05, 0.1) is 16.0 Å². The molecule has 0 aliphatic carbocycles. The number of benzene rings is 1. The molecule has 0 amide bonds. The Morgan fingerprint density at radius 1 is 1.27 bits per heavy atom. The van der Waals surface area contributed by atoms with Gasteiger partial charge in [-0.2, -0.15) is 18.4 Å². The molecule has 8 nitrogen and oxygen atoms in total. The Morgan fingerprint density at radius 3 is 2.59 bits per heavy atom. The standard InChI is InChI=1S/C13H13N3O5S/c1-9-3-6-12(7-13(9)16(17)18)22(19,20)15-14-8-11-5-4-10(2)21-11/h3-8,15H,1-2H3. The fourth-order valence-electron chi connectivity index (χ4n) is 1.69. The van der Waals surface area contributed by atoms with E-state index in [9.17, 15) is 18.5 Å². The highest BCUT2D eigenvalue weighted by Gasteiger charge is 2.19. The normalized spacial score (nSPS) is 11.7. The van der Waals surface area contributed by atoms with Gasteiger partial charge in [-0.25, -0.2) is 0 Å². The van der Waals surface area contributed by atoms with E-state index in [2.05, 4.69) is 5.10 Å². The van der Waals surface area contributed by atoms with Crippen LogP contribution in [0, 0.1) is 24.0 Å². The van der Waals surface area contributed by atoms with Crippen LogP contribution in [-0.2, 0) is 10.0 Å². The monoisotopic (exact) mass is 323 g/mol. The third-order valence-electron chi connectivity index (χ3n) is 2.81. The number of hydrogen-bond acceptors (Lipinski definition) is 6. The first-order valence-corrected chi connectivity index (χ1v) is 7.64. The summed E-state index contributed by atoms with van der Waals surface area (Å²) in [5, 5.41) is 14.4. The number of nitrogens with one attached hydrogen (secondary N) is 1. The van der Waals surface area contributed by atoms with Crippen molar-refractivity contribution in [1.82, 2.24) is 4.83 Å². The van der Waals surface area contributed by atoms with Gasteiger partial charge in [-0.15, -0.1) is 0 Å². The van der Waals surface area contributed by atoms with E-state index in [0.29, 0.717) is 17.1 Å². The van der Waals surface area contributed by atoms with Crippen molar-refractivity contribution < 1.29 is 17.8 Å². The van der Waals surface area contributed by atoms with E-state index in [1.54, 1.807) is 19.1 Å². The van der Waals surface area contributed by atoms with Crippen molar-refractivity contribution in [2.24, 2.45) is 5.10 Å². The first kappa shape index (κ1) is 15.7. The van der Waals surface area contributed by atoms with Crippen molar-refractivity contribution in [3.8, 4) is 0 Å². The molecular weight excluding hydrogens is 310 g/mol. The SMILES string of the molecule is Cc1ccc(C=NNS(=O)(=O)c2ccc(C)c([N+](=O)[O-])c2)o1. The molecule has 0 spiro atoms. The van der Waals surface area contributed by atoms with Gasteiger partial charge in [0.25, 0.3) is 15.7 Å². The fraction of sp³-hybridized carbons (Fsp3) is 0.154. The second-order valence-electron chi connectivity index (χ2n) is 4.51. The third-order valence-corrected chi connectivity index (χ3v) is 4.03. The van der Waals surface area contributed by atoms with Gasteiger partial charge in [-0.1, -0.05) is 6.07 Å². The van der Waals surface area contributed by atoms with Gasteiger partial charge < -0.3 is 4.42 Å². The molecule has 0 saturated carbocycles. The minimum absolute atomic E-state index is 0.238. The molecule has 9 heteroatoms. The van der Waals surface area contributed by atoms with Crippen LogP contribution in [0.1, 0.15) is 17.1 Å². The first-order chi connectivity index (χ1) is 10.3. The van der Waals surface area contributed by atoms with Gasteiger partial charge in [-0.3, -0.25) is 10.1 Å². The van der Waals surface area contributed by atoms with Crippen LogP contribution in [0.5, 0.6) is 0 Å². The average molecular weight is 323 g/mol. The number of nitro benzene ring substituents is 1. The smallest absolute Gasteiger partial charge is 0.276 e. The summed E-state index contributed by atoms with van der Waals surface area (Å²) in [5.74, 6) is 1.05. The molecule has 0 unspecified atom stereocenters. The Balaban J connectivity index is 2.22. The summed E-state index contributed by atoms with van der Waals surface area (Å²) in [7, 11) is -3.99. The summed E-state index contributed by atoms with van der Waals surface area (Å²) in [4.78, 5) is 12.0. The molecule has 0 aliphatic heterocycles. The van der Waals surface area contributed by atoms with Crippen LogP contribution in [0.25, 0.3) is 0 Å². The molecule has 22 heavy (non-hydrogen) atoms. The number of rotatable bonds is 5. The summed E-state index contributed by atoms with van der Waals surface area (Å²) >= 11 is 0. The molecule has 2 rings (SSSR count). The van der Waals surface area contributed by atoms with E-state index in [1.807, 2.05) is 4.83 Å². The largest absolute Gasteiger partial charge is 0.460 e. The van der Waals surface area contributed by atoms with E-state index < -0.39 is 14.9 Å². The quantitative estimate of drug-likeness (QED) is 0.514. The van der Waals surface area contributed by atoms with Crippen molar-refractivity contribution >= 4 is 21.9 Å². The van der Waals surface area contributed by atoms with Crippen LogP contribution in [-0.4, -0.2) is 19.6 Å². The molecule has 2 aromatic rings. The molecule has 0 fully saturated rings. The van der Waals surface area contributed by atoms with Crippen molar-refractivity contribution in [3.63, 3.8) is 0 Å². The minimum Gasteiger partial charge on any atom is -0.460 e. The van der Waals surface area contributed by atoms with Crippen LogP contribution < -0.4 is 4.83 Å². The van der Waals surface area contributed by atoms with Gasteiger partial charge >= 0.3 is 0 Å². The highest BCUT2D eigenvalue weighted by molar-refractivity contribution is 7.89. The molecule has 0 saturated heterocycles. The van der Waals surface area contributed by atoms with Crippen molar-refractivity contribution in [1.29, 1.82) is 0 Å². The summed E-state index contributed by atoms with van der Waals surface area (Å²) in [6.45, 7) is 3.27. The first-order valence-electron chi connectivity index (χ1n) is 6.16. The van der Waals surface area contributed by atoms with Gasteiger partial charge in [0.1, 0.15) is 11.5 Å². The topological polar surface area (TPSA) is 115 Å². The minimum atomic E-state index is -3.99. The molecule has 0 aliphatic rings. The van der Waals surface area contributed by atoms with Crippen LogP contribution in [0.3, 0.4) is 0 Å². The zero-order chi connectivity index (χ0) is 16.3. The lowest BCUT2D eigenvalue weighted by molar-refractivity contribution is -0.385. The lowest BCUT2D eigenvalue weighted by atomic mass is 10.2. The lowest BCUT2D eigenvalue weighted by Gasteiger charge is -2.04. The number of furan rings is 1. The molecule has 0 radical (unpaired) electrons. The van der Waals surface area contributed by atoms with Crippen LogP contribution in [0.15, 0.2) is 44.7 Å². The predicted molar refractivity (Wildman–Crippen MR) is 79.2 cm³/mol. The number of nitrogens with zero attached hydrogens (tertiary/aromatic N) is 2. The molecule has 1 N–H and O–H groups in total. The molecule has 1 heterocycles. The van der Waals surface area contributed by atoms with Gasteiger partial charge in [0.2, 0.25) is 0 Å². The van der Waals surface area contributed by atoms with Crippen LogP contribution in [0.4, 0.5) is 5.69 Å². The molecule has 116 valence electrons. The predicted octanol–water partition coefficient (Wildman–Crippen LogP) is 2.12. The number of hydrogen-bond donors (Lipinski definition) is 1.